The lowest BCUT2D eigenvalue weighted by molar-refractivity contribution is 0.176. The number of hydrogen-bond acceptors (Lipinski definition) is 3. The molecule has 0 aromatic heterocycles. The van der Waals surface area contributed by atoms with E-state index in [1.807, 2.05) is 12.1 Å². The summed E-state index contributed by atoms with van der Waals surface area (Å²) in [4.78, 5) is 2.51. The van der Waals surface area contributed by atoms with Crippen molar-refractivity contribution in [2.45, 2.75) is 64.3 Å². The second kappa shape index (κ2) is 10.5. The molecule has 28 heavy (non-hydrogen) atoms. The molecule has 0 aliphatic carbocycles. The average molecular weight is 382 g/mol. The van der Waals surface area contributed by atoms with Gasteiger partial charge in [-0.1, -0.05) is 50.5 Å². The third-order valence-electron chi connectivity index (χ3n) is 5.96. The second-order valence-electron chi connectivity index (χ2n) is 8.06. The molecule has 1 N–H and O–H groups in total. The number of aromatic hydroxyl groups is 1. The molecule has 0 amide bonds. The molecule has 0 saturated carbocycles. The summed E-state index contributed by atoms with van der Waals surface area (Å²) in [5.41, 5.74) is 3.30. The number of hydrogen-bond donors (Lipinski definition) is 1. The number of phenolic OH excluding ortho intramolecular Hbond substituents is 1. The van der Waals surface area contributed by atoms with Crippen LogP contribution >= 0.6 is 0 Å². The van der Waals surface area contributed by atoms with Gasteiger partial charge in [0.05, 0.1) is 6.61 Å². The monoisotopic (exact) mass is 381 g/mol. The number of likely N-dealkylation sites (tertiary alicyclic amines) is 1. The van der Waals surface area contributed by atoms with Gasteiger partial charge in [-0.05, 0) is 75.0 Å². The highest BCUT2D eigenvalue weighted by Crippen LogP contribution is 2.35. The van der Waals surface area contributed by atoms with Gasteiger partial charge in [-0.25, -0.2) is 0 Å². The van der Waals surface area contributed by atoms with Crippen molar-refractivity contribution in [2.24, 2.45) is 0 Å². The quantitative estimate of drug-likeness (QED) is 0.537. The molecule has 2 aromatic carbocycles. The fourth-order valence-corrected chi connectivity index (χ4v) is 4.19. The van der Waals surface area contributed by atoms with E-state index in [2.05, 4.69) is 43.1 Å². The van der Waals surface area contributed by atoms with E-state index in [4.69, 9.17) is 4.74 Å². The summed E-state index contributed by atoms with van der Waals surface area (Å²) in [6, 6.07) is 14.8. The van der Waals surface area contributed by atoms with Crippen LogP contribution in [0.15, 0.2) is 42.5 Å². The van der Waals surface area contributed by atoms with Crippen LogP contribution in [0.1, 0.15) is 57.4 Å². The van der Waals surface area contributed by atoms with E-state index >= 15 is 0 Å². The van der Waals surface area contributed by atoms with Crippen molar-refractivity contribution in [3.63, 3.8) is 0 Å². The van der Waals surface area contributed by atoms with Crippen LogP contribution in [-0.4, -0.2) is 36.2 Å². The zero-order valence-corrected chi connectivity index (χ0v) is 17.5. The van der Waals surface area contributed by atoms with Crippen LogP contribution in [0.25, 0.3) is 11.1 Å². The number of unbranched alkanes of at least 4 members (excludes halogenated alkanes) is 2. The smallest absolute Gasteiger partial charge is 0.123 e. The molecule has 152 valence electrons. The molecule has 0 radical (unpaired) electrons. The first-order chi connectivity index (χ1) is 13.7. The van der Waals surface area contributed by atoms with Gasteiger partial charge in [0.25, 0.3) is 0 Å². The van der Waals surface area contributed by atoms with Crippen molar-refractivity contribution in [3.05, 3.63) is 48.0 Å². The Bertz CT molecular complexity index is 743. The van der Waals surface area contributed by atoms with E-state index in [1.54, 1.807) is 6.07 Å². The van der Waals surface area contributed by atoms with Gasteiger partial charge in [0.15, 0.2) is 0 Å². The summed E-state index contributed by atoms with van der Waals surface area (Å²) >= 11 is 0. The highest BCUT2D eigenvalue weighted by atomic mass is 16.5. The summed E-state index contributed by atoms with van der Waals surface area (Å²) in [6.45, 7) is 4.14. The van der Waals surface area contributed by atoms with Gasteiger partial charge < -0.3 is 14.7 Å². The van der Waals surface area contributed by atoms with Crippen LogP contribution in [0.4, 0.5) is 0 Å². The third kappa shape index (κ3) is 5.51. The minimum atomic E-state index is 0.322. The summed E-state index contributed by atoms with van der Waals surface area (Å²) in [5.74, 6) is 1.16. The Labute approximate surface area is 170 Å². The zero-order valence-electron chi connectivity index (χ0n) is 17.5. The van der Waals surface area contributed by atoms with Gasteiger partial charge in [-0.15, -0.1) is 0 Å². The summed E-state index contributed by atoms with van der Waals surface area (Å²) in [5, 5.41) is 10.5. The molecule has 1 fully saturated rings. The van der Waals surface area contributed by atoms with E-state index in [1.165, 1.54) is 50.6 Å². The molecule has 1 aliphatic heterocycles. The minimum Gasteiger partial charge on any atom is -0.507 e. The van der Waals surface area contributed by atoms with Crippen LogP contribution < -0.4 is 4.74 Å². The second-order valence-corrected chi connectivity index (χ2v) is 8.06. The highest BCUT2D eigenvalue weighted by Gasteiger charge is 2.19. The summed E-state index contributed by atoms with van der Waals surface area (Å²) in [6.07, 6.45) is 9.60. The fourth-order valence-electron chi connectivity index (χ4n) is 4.19. The molecule has 1 saturated heterocycles. The molecule has 3 rings (SSSR count). The van der Waals surface area contributed by atoms with Crippen LogP contribution in [0.3, 0.4) is 0 Å². The number of rotatable bonds is 9. The first-order valence-electron chi connectivity index (χ1n) is 10.9. The average Bonchev–Trinajstić information content (AvgIpc) is 2.72. The summed E-state index contributed by atoms with van der Waals surface area (Å²) < 4.78 is 5.92. The first-order valence-corrected chi connectivity index (χ1v) is 10.9. The number of piperidine rings is 1. The number of ether oxygens (including phenoxy) is 1. The van der Waals surface area contributed by atoms with Crippen LogP contribution in [-0.2, 0) is 6.42 Å². The lowest BCUT2D eigenvalue weighted by Gasteiger charge is -2.32. The van der Waals surface area contributed by atoms with Gasteiger partial charge in [0.2, 0.25) is 0 Å². The molecule has 1 atom stereocenters. The Kier molecular flexibility index (Phi) is 7.79. The fraction of sp³-hybridized carbons (Fsp3) is 0.520. The van der Waals surface area contributed by atoms with Crippen molar-refractivity contribution in [2.75, 3.05) is 20.2 Å². The van der Waals surface area contributed by atoms with Crippen molar-refractivity contribution in [1.29, 1.82) is 0 Å². The first kappa shape index (κ1) is 20.7. The lowest BCUT2D eigenvalue weighted by Crippen LogP contribution is -2.36. The molecule has 1 aliphatic rings. The van der Waals surface area contributed by atoms with Gasteiger partial charge in [-0.2, -0.15) is 0 Å². The van der Waals surface area contributed by atoms with Crippen molar-refractivity contribution < 1.29 is 9.84 Å². The maximum absolute atomic E-state index is 10.5. The molecule has 0 bridgehead atoms. The Morgan fingerprint density at radius 3 is 2.75 bits per heavy atom. The van der Waals surface area contributed by atoms with Gasteiger partial charge >= 0.3 is 0 Å². The third-order valence-corrected chi connectivity index (χ3v) is 5.96. The summed E-state index contributed by atoms with van der Waals surface area (Å²) in [7, 11) is 2.25. The van der Waals surface area contributed by atoms with E-state index in [0.29, 0.717) is 11.8 Å². The normalized spacial score (nSPS) is 17.6. The molecule has 1 unspecified atom stereocenters. The van der Waals surface area contributed by atoms with Crippen LogP contribution in [0.2, 0.25) is 0 Å². The number of benzene rings is 2. The van der Waals surface area contributed by atoms with E-state index in [0.717, 1.165) is 36.3 Å². The van der Waals surface area contributed by atoms with Crippen molar-refractivity contribution >= 4 is 0 Å². The SMILES string of the molecule is CCCCCOc1ccc(O)c(-c2ccccc2CCC2CCCCN2C)c1. The van der Waals surface area contributed by atoms with Gasteiger partial charge in [0, 0.05) is 11.6 Å². The lowest BCUT2D eigenvalue weighted by atomic mass is 9.92. The molecular weight excluding hydrogens is 346 g/mol. The topological polar surface area (TPSA) is 32.7 Å². The van der Waals surface area contributed by atoms with Crippen molar-refractivity contribution in [1.82, 2.24) is 4.90 Å². The Hall–Kier alpha value is -2.00. The van der Waals surface area contributed by atoms with Crippen LogP contribution in [0, 0.1) is 0 Å². The van der Waals surface area contributed by atoms with Gasteiger partial charge in [-0.3, -0.25) is 0 Å². The maximum Gasteiger partial charge on any atom is 0.123 e. The molecule has 0 spiro atoms. The van der Waals surface area contributed by atoms with E-state index in [-0.39, 0.29) is 0 Å². The number of nitrogens with zero attached hydrogens (tertiary/aromatic N) is 1. The van der Waals surface area contributed by atoms with Crippen LogP contribution in [0.5, 0.6) is 11.5 Å². The van der Waals surface area contributed by atoms with E-state index < -0.39 is 0 Å². The molecular formula is C25H35NO2. The number of aryl methyl sites for hydroxylation is 1. The zero-order chi connectivity index (χ0) is 19.8. The Balaban J connectivity index is 1.74. The highest BCUT2D eigenvalue weighted by molar-refractivity contribution is 5.74. The molecule has 3 nitrogen and oxygen atoms in total. The standard InChI is InChI=1S/C25H35NO2/c1-3-4-9-18-28-22-15-16-25(27)24(19-22)23-12-6-5-10-20(23)13-14-21-11-7-8-17-26(21)2/h5-6,10,12,15-16,19,21,27H,3-4,7-9,11,13-14,17-18H2,1-2H3. The predicted molar refractivity (Wildman–Crippen MR) is 117 cm³/mol. The number of phenols is 1. The minimum absolute atomic E-state index is 0.322. The van der Waals surface area contributed by atoms with Gasteiger partial charge in [0.1, 0.15) is 11.5 Å². The molecule has 1 heterocycles. The van der Waals surface area contributed by atoms with E-state index in [9.17, 15) is 5.11 Å². The maximum atomic E-state index is 10.5. The molecule has 3 heteroatoms. The Morgan fingerprint density at radius 2 is 1.93 bits per heavy atom. The molecule has 2 aromatic rings. The predicted octanol–water partition coefficient (Wildman–Crippen LogP) is 6.05. The van der Waals surface area contributed by atoms with Crippen molar-refractivity contribution in [3.8, 4) is 22.6 Å². The Morgan fingerprint density at radius 1 is 1.07 bits per heavy atom. The largest absolute Gasteiger partial charge is 0.507 e.